The predicted octanol–water partition coefficient (Wildman–Crippen LogP) is 4.27. The first-order valence-electron chi connectivity index (χ1n) is 9.09. The summed E-state index contributed by atoms with van der Waals surface area (Å²) in [5, 5.41) is 5.58. The molecule has 0 radical (unpaired) electrons. The van der Waals surface area contributed by atoms with Crippen molar-refractivity contribution in [2.45, 2.75) is 6.92 Å². The molecule has 0 saturated carbocycles. The summed E-state index contributed by atoms with van der Waals surface area (Å²) in [4.78, 5) is 24.4. The summed E-state index contributed by atoms with van der Waals surface area (Å²) >= 11 is 0. The molecule has 0 spiro atoms. The Morgan fingerprint density at radius 1 is 0.862 bits per heavy atom. The van der Waals surface area contributed by atoms with Gasteiger partial charge in [0.05, 0.1) is 12.8 Å². The number of aryl methyl sites for hydroxylation is 1. The third-order valence-electron chi connectivity index (χ3n) is 4.18. The zero-order valence-electron chi connectivity index (χ0n) is 16.3. The van der Waals surface area contributed by atoms with Crippen molar-refractivity contribution in [2.75, 3.05) is 24.4 Å². The largest absolute Gasteiger partial charge is 0.495 e. The topological polar surface area (TPSA) is 76.7 Å². The lowest BCUT2D eigenvalue weighted by Crippen LogP contribution is -2.20. The van der Waals surface area contributed by atoms with Crippen molar-refractivity contribution in [2.24, 2.45) is 0 Å². The smallest absolute Gasteiger partial charge is 0.262 e. The van der Waals surface area contributed by atoms with E-state index in [0.717, 1.165) is 11.3 Å². The van der Waals surface area contributed by atoms with Gasteiger partial charge in [0.15, 0.2) is 6.61 Å². The average molecular weight is 390 g/mol. The summed E-state index contributed by atoms with van der Waals surface area (Å²) in [5.41, 5.74) is 2.93. The van der Waals surface area contributed by atoms with Gasteiger partial charge in [0.1, 0.15) is 11.5 Å². The van der Waals surface area contributed by atoms with E-state index in [2.05, 4.69) is 10.6 Å². The van der Waals surface area contributed by atoms with Gasteiger partial charge in [-0.1, -0.05) is 29.8 Å². The molecule has 0 aliphatic heterocycles. The number of ether oxygens (including phenoxy) is 2. The van der Waals surface area contributed by atoms with Crippen LogP contribution < -0.4 is 20.1 Å². The first-order valence-corrected chi connectivity index (χ1v) is 9.09. The average Bonchev–Trinajstić information content (AvgIpc) is 2.74. The molecule has 2 N–H and O–H groups in total. The zero-order chi connectivity index (χ0) is 20.6. The van der Waals surface area contributed by atoms with Crippen LogP contribution in [0.15, 0.2) is 72.8 Å². The van der Waals surface area contributed by atoms with E-state index < -0.39 is 0 Å². The molecule has 29 heavy (non-hydrogen) atoms. The maximum atomic E-state index is 12.3. The van der Waals surface area contributed by atoms with Gasteiger partial charge in [-0.2, -0.15) is 0 Å². The van der Waals surface area contributed by atoms with Crippen LogP contribution in [0.3, 0.4) is 0 Å². The summed E-state index contributed by atoms with van der Waals surface area (Å²) in [6.45, 7) is 1.83. The molecule has 148 valence electrons. The van der Waals surface area contributed by atoms with E-state index in [1.807, 2.05) is 37.3 Å². The van der Waals surface area contributed by atoms with Crippen molar-refractivity contribution in [1.82, 2.24) is 0 Å². The van der Waals surface area contributed by atoms with Crippen molar-refractivity contribution >= 4 is 23.2 Å². The van der Waals surface area contributed by atoms with Crippen LogP contribution in [0, 0.1) is 6.92 Å². The van der Waals surface area contributed by atoms with Gasteiger partial charge >= 0.3 is 0 Å². The Bertz CT molecular complexity index is 983. The van der Waals surface area contributed by atoms with E-state index in [4.69, 9.17) is 9.47 Å². The molecular formula is C23H22N2O4. The first-order chi connectivity index (χ1) is 14.0. The first kappa shape index (κ1) is 19.9. The molecule has 0 aliphatic carbocycles. The van der Waals surface area contributed by atoms with Crippen molar-refractivity contribution in [3.05, 3.63) is 83.9 Å². The monoisotopic (exact) mass is 390 g/mol. The Balaban J connectivity index is 1.52. The Labute approximate surface area is 169 Å². The molecule has 3 rings (SSSR count). The number of nitrogens with one attached hydrogen (secondary N) is 2. The van der Waals surface area contributed by atoms with Crippen LogP contribution in [0.1, 0.15) is 15.9 Å². The molecule has 6 heteroatoms. The van der Waals surface area contributed by atoms with Crippen LogP contribution >= 0.6 is 0 Å². The fourth-order valence-corrected chi connectivity index (χ4v) is 2.63. The highest BCUT2D eigenvalue weighted by Gasteiger charge is 2.09. The maximum Gasteiger partial charge on any atom is 0.262 e. The highest BCUT2D eigenvalue weighted by molar-refractivity contribution is 6.04. The van der Waals surface area contributed by atoms with Crippen LogP contribution in [-0.4, -0.2) is 25.5 Å². The van der Waals surface area contributed by atoms with Crippen molar-refractivity contribution in [3.63, 3.8) is 0 Å². The molecule has 3 aromatic carbocycles. The summed E-state index contributed by atoms with van der Waals surface area (Å²) in [6, 6.07) is 21.3. The third kappa shape index (κ3) is 5.59. The standard InChI is InChI=1S/C23H22N2O4/c1-16-7-11-18(12-8-16)24-23(27)17-9-13-19(14-10-17)29-15-22(26)25-20-5-3-4-6-21(20)28-2/h3-14H,15H2,1-2H3,(H,24,27)(H,25,26). The molecule has 0 bridgehead atoms. The third-order valence-corrected chi connectivity index (χ3v) is 4.18. The van der Waals surface area contributed by atoms with E-state index in [9.17, 15) is 9.59 Å². The summed E-state index contributed by atoms with van der Waals surface area (Å²) in [7, 11) is 1.54. The highest BCUT2D eigenvalue weighted by Crippen LogP contribution is 2.23. The van der Waals surface area contributed by atoms with Crippen molar-refractivity contribution in [3.8, 4) is 11.5 Å². The normalized spacial score (nSPS) is 10.1. The number of amides is 2. The van der Waals surface area contributed by atoms with Gasteiger partial charge in [0.25, 0.3) is 11.8 Å². The van der Waals surface area contributed by atoms with E-state index in [1.54, 1.807) is 42.5 Å². The van der Waals surface area contributed by atoms with Gasteiger partial charge < -0.3 is 20.1 Å². The molecule has 3 aromatic rings. The Kier molecular flexibility index (Phi) is 6.47. The number of hydrogen-bond acceptors (Lipinski definition) is 4. The zero-order valence-corrected chi connectivity index (χ0v) is 16.3. The van der Waals surface area contributed by atoms with Crippen LogP contribution in [0.5, 0.6) is 11.5 Å². The number of rotatable bonds is 7. The van der Waals surface area contributed by atoms with Gasteiger partial charge in [0, 0.05) is 11.3 Å². The van der Waals surface area contributed by atoms with Crippen LogP contribution in [0.25, 0.3) is 0 Å². The van der Waals surface area contributed by atoms with Crippen LogP contribution in [0.4, 0.5) is 11.4 Å². The van der Waals surface area contributed by atoms with Crippen molar-refractivity contribution in [1.29, 1.82) is 0 Å². The number of methoxy groups -OCH3 is 1. The fourth-order valence-electron chi connectivity index (χ4n) is 2.63. The van der Waals surface area contributed by atoms with E-state index in [0.29, 0.717) is 22.7 Å². The van der Waals surface area contributed by atoms with Gasteiger partial charge in [-0.05, 0) is 55.5 Å². The van der Waals surface area contributed by atoms with Crippen LogP contribution in [0.2, 0.25) is 0 Å². The molecule has 0 saturated heterocycles. The molecule has 0 unspecified atom stereocenters. The molecule has 2 amide bonds. The van der Waals surface area contributed by atoms with Crippen LogP contribution in [-0.2, 0) is 4.79 Å². The second-order valence-corrected chi connectivity index (χ2v) is 6.38. The Morgan fingerprint density at radius 2 is 1.55 bits per heavy atom. The van der Waals surface area contributed by atoms with E-state index in [-0.39, 0.29) is 18.4 Å². The SMILES string of the molecule is COc1ccccc1NC(=O)COc1ccc(C(=O)Nc2ccc(C)cc2)cc1. The van der Waals surface area contributed by atoms with Gasteiger partial charge in [0.2, 0.25) is 0 Å². The second kappa shape index (κ2) is 9.41. The Hall–Kier alpha value is -3.80. The molecule has 6 nitrogen and oxygen atoms in total. The quantitative estimate of drug-likeness (QED) is 0.632. The number of benzene rings is 3. The predicted molar refractivity (Wildman–Crippen MR) is 113 cm³/mol. The lowest BCUT2D eigenvalue weighted by atomic mass is 10.2. The van der Waals surface area contributed by atoms with Gasteiger partial charge in [-0.25, -0.2) is 0 Å². The maximum absolute atomic E-state index is 12.3. The molecule has 0 fully saturated rings. The lowest BCUT2D eigenvalue weighted by Gasteiger charge is -2.11. The molecule has 0 heterocycles. The number of para-hydroxylation sites is 2. The highest BCUT2D eigenvalue weighted by atomic mass is 16.5. The number of hydrogen-bond donors (Lipinski definition) is 2. The summed E-state index contributed by atoms with van der Waals surface area (Å²) in [6.07, 6.45) is 0. The summed E-state index contributed by atoms with van der Waals surface area (Å²) < 4.78 is 10.7. The Morgan fingerprint density at radius 3 is 2.24 bits per heavy atom. The molecule has 0 aliphatic rings. The molecule has 0 atom stereocenters. The van der Waals surface area contributed by atoms with Gasteiger partial charge in [-0.15, -0.1) is 0 Å². The number of carbonyl (C=O) groups is 2. The fraction of sp³-hybridized carbons (Fsp3) is 0.130. The molecular weight excluding hydrogens is 368 g/mol. The van der Waals surface area contributed by atoms with E-state index >= 15 is 0 Å². The second-order valence-electron chi connectivity index (χ2n) is 6.38. The van der Waals surface area contributed by atoms with Crippen molar-refractivity contribution < 1.29 is 19.1 Å². The minimum absolute atomic E-state index is 0.160. The number of anilines is 2. The summed E-state index contributed by atoms with van der Waals surface area (Å²) in [5.74, 6) is 0.543. The molecule has 0 aromatic heterocycles. The minimum atomic E-state index is -0.310. The van der Waals surface area contributed by atoms with E-state index in [1.165, 1.54) is 7.11 Å². The minimum Gasteiger partial charge on any atom is -0.495 e. The lowest BCUT2D eigenvalue weighted by molar-refractivity contribution is -0.118. The van der Waals surface area contributed by atoms with Gasteiger partial charge in [-0.3, -0.25) is 9.59 Å². The number of carbonyl (C=O) groups excluding carboxylic acids is 2.